The van der Waals surface area contributed by atoms with Crippen LogP contribution in [0.15, 0.2) is 29.2 Å². The van der Waals surface area contributed by atoms with Crippen LogP contribution in [0.2, 0.25) is 0 Å². The SMILES string of the molecule is COCCOCCOCCOCCOCCOCCOCCOCCOS(=O)(=O)c1ccc(C)cc1. The quantitative estimate of drug-likeness (QED) is 0.126. The van der Waals surface area contributed by atoms with Gasteiger partial charge in [0.15, 0.2) is 0 Å². The lowest BCUT2D eigenvalue weighted by Gasteiger charge is -2.09. The van der Waals surface area contributed by atoms with Gasteiger partial charge in [0.25, 0.3) is 10.1 Å². The predicted octanol–water partition coefficient (Wildman–Crippen LogP) is 1.46. The van der Waals surface area contributed by atoms with Gasteiger partial charge in [0.2, 0.25) is 0 Å². The van der Waals surface area contributed by atoms with Crippen molar-refractivity contribution in [2.75, 3.05) is 113 Å². The first-order valence-corrected chi connectivity index (χ1v) is 13.5. The summed E-state index contributed by atoms with van der Waals surface area (Å²) >= 11 is 0. The van der Waals surface area contributed by atoms with Gasteiger partial charge in [-0.1, -0.05) is 17.7 Å². The summed E-state index contributed by atoms with van der Waals surface area (Å²) in [5.74, 6) is 0. The molecule has 0 atom stereocenters. The Kier molecular flexibility index (Phi) is 20.9. The molecule has 0 bridgehead atoms. The first-order valence-electron chi connectivity index (χ1n) is 12.1. The van der Waals surface area contributed by atoms with Crippen LogP contribution in [-0.4, -0.2) is 121 Å². The average molecular weight is 539 g/mol. The summed E-state index contributed by atoms with van der Waals surface area (Å²) in [6.45, 7) is 8.81. The highest BCUT2D eigenvalue weighted by Crippen LogP contribution is 2.12. The van der Waals surface area contributed by atoms with Crippen molar-refractivity contribution in [2.45, 2.75) is 11.8 Å². The number of hydrogen-bond acceptors (Lipinski definition) is 11. The third-order valence-corrected chi connectivity index (χ3v) is 5.77. The summed E-state index contributed by atoms with van der Waals surface area (Å²) < 4.78 is 71.5. The van der Waals surface area contributed by atoms with Crippen LogP contribution in [0.5, 0.6) is 0 Å². The van der Waals surface area contributed by atoms with Crippen molar-refractivity contribution in [3.8, 4) is 0 Å². The zero-order valence-corrected chi connectivity index (χ0v) is 22.3. The van der Waals surface area contributed by atoms with Gasteiger partial charge in [-0.25, -0.2) is 0 Å². The Bertz CT molecular complexity index is 713. The van der Waals surface area contributed by atoms with Gasteiger partial charge >= 0.3 is 0 Å². The van der Waals surface area contributed by atoms with Crippen molar-refractivity contribution in [1.29, 1.82) is 0 Å². The molecule has 0 saturated carbocycles. The molecule has 0 radical (unpaired) electrons. The molecule has 0 N–H and O–H groups in total. The van der Waals surface area contributed by atoms with Gasteiger partial charge in [0.1, 0.15) is 0 Å². The van der Waals surface area contributed by atoms with Crippen molar-refractivity contribution in [2.24, 2.45) is 0 Å². The molecule has 0 amide bonds. The molecule has 0 fully saturated rings. The number of aryl methyl sites for hydroxylation is 1. The molecule has 0 heterocycles. The zero-order valence-electron chi connectivity index (χ0n) is 21.5. The van der Waals surface area contributed by atoms with E-state index in [2.05, 4.69) is 0 Å². The molecule has 0 saturated heterocycles. The Balaban J connectivity index is 1.75. The van der Waals surface area contributed by atoms with Crippen LogP contribution in [0.4, 0.5) is 0 Å². The van der Waals surface area contributed by atoms with Gasteiger partial charge in [0, 0.05) is 7.11 Å². The summed E-state index contributed by atoms with van der Waals surface area (Å²) in [6, 6.07) is 6.48. The van der Waals surface area contributed by atoms with E-state index in [9.17, 15) is 8.42 Å². The number of ether oxygens (including phenoxy) is 8. The topological polar surface area (TPSA) is 117 Å². The van der Waals surface area contributed by atoms with E-state index >= 15 is 0 Å². The molecule has 0 spiro atoms. The number of methoxy groups -OCH3 is 1. The Hall–Kier alpha value is -1.19. The molecule has 1 rings (SSSR count). The van der Waals surface area contributed by atoms with E-state index in [4.69, 9.17) is 42.1 Å². The summed E-state index contributed by atoms with van der Waals surface area (Å²) in [6.07, 6.45) is 0. The number of rotatable bonds is 26. The third kappa shape index (κ3) is 19.0. The molecular weight excluding hydrogens is 496 g/mol. The predicted molar refractivity (Wildman–Crippen MR) is 132 cm³/mol. The lowest BCUT2D eigenvalue weighted by molar-refractivity contribution is -0.0226. The minimum Gasteiger partial charge on any atom is -0.382 e. The molecule has 0 aromatic heterocycles. The standard InChI is InChI=1S/C24H42O11S/c1-23-3-5-24(6-4-23)36(25,26)35-22-21-34-20-19-33-18-17-32-16-15-31-14-13-30-12-11-29-10-9-28-8-7-27-2/h3-6H,7-22H2,1-2H3. The van der Waals surface area contributed by atoms with Crippen LogP contribution in [0.25, 0.3) is 0 Å². The highest BCUT2D eigenvalue weighted by atomic mass is 32.2. The van der Waals surface area contributed by atoms with Gasteiger partial charge in [0.05, 0.1) is 111 Å². The highest BCUT2D eigenvalue weighted by molar-refractivity contribution is 7.86. The fourth-order valence-corrected chi connectivity index (χ4v) is 3.43. The number of benzene rings is 1. The average Bonchev–Trinajstić information content (AvgIpc) is 2.87. The van der Waals surface area contributed by atoms with E-state index < -0.39 is 10.1 Å². The lowest BCUT2D eigenvalue weighted by Crippen LogP contribution is -2.15. The molecular formula is C24H42O11S. The van der Waals surface area contributed by atoms with Gasteiger partial charge in [-0.15, -0.1) is 0 Å². The van der Waals surface area contributed by atoms with Gasteiger partial charge in [-0.3, -0.25) is 4.18 Å². The second-order valence-electron chi connectivity index (χ2n) is 7.37. The lowest BCUT2D eigenvalue weighted by atomic mass is 10.2. The maximum atomic E-state index is 12.0. The van der Waals surface area contributed by atoms with E-state index in [0.717, 1.165) is 5.56 Å². The second-order valence-corrected chi connectivity index (χ2v) is 8.98. The third-order valence-electron chi connectivity index (χ3n) is 4.44. The molecule has 36 heavy (non-hydrogen) atoms. The van der Waals surface area contributed by atoms with Crippen LogP contribution < -0.4 is 0 Å². The summed E-state index contributed by atoms with van der Waals surface area (Å²) in [4.78, 5) is 0.132. The second kappa shape index (κ2) is 23.0. The molecule has 0 aliphatic rings. The summed E-state index contributed by atoms with van der Waals surface area (Å²) in [5, 5.41) is 0. The minimum atomic E-state index is -3.76. The van der Waals surface area contributed by atoms with Gasteiger partial charge in [-0.05, 0) is 19.1 Å². The van der Waals surface area contributed by atoms with Gasteiger partial charge < -0.3 is 37.9 Å². The smallest absolute Gasteiger partial charge is 0.297 e. The fraction of sp³-hybridized carbons (Fsp3) is 0.750. The summed E-state index contributed by atoms with van der Waals surface area (Å²) in [7, 11) is -2.12. The van der Waals surface area contributed by atoms with Crippen molar-refractivity contribution < 1.29 is 50.5 Å². The van der Waals surface area contributed by atoms with Gasteiger partial charge in [-0.2, -0.15) is 8.42 Å². The number of hydrogen-bond donors (Lipinski definition) is 0. The van der Waals surface area contributed by atoms with E-state index in [1.54, 1.807) is 19.2 Å². The Morgan fingerprint density at radius 3 is 1.14 bits per heavy atom. The van der Waals surface area contributed by atoms with Crippen LogP contribution in [0.3, 0.4) is 0 Å². The molecule has 0 aliphatic carbocycles. The maximum Gasteiger partial charge on any atom is 0.297 e. The first kappa shape index (κ1) is 32.8. The Labute approximate surface area is 215 Å². The monoisotopic (exact) mass is 538 g/mol. The Morgan fingerprint density at radius 1 is 0.500 bits per heavy atom. The van der Waals surface area contributed by atoms with Crippen molar-refractivity contribution >= 4 is 10.1 Å². The normalized spacial score (nSPS) is 11.8. The van der Waals surface area contributed by atoms with E-state index in [0.29, 0.717) is 92.5 Å². The Morgan fingerprint density at radius 2 is 0.806 bits per heavy atom. The molecule has 1 aromatic carbocycles. The fourth-order valence-electron chi connectivity index (χ4n) is 2.54. The van der Waals surface area contributed by atoms with Crippen molar-refractivity contribution in [1.82, 2.24) is 0 Å². The minimum absolute atomic E-state index is 0.0523. The summed E-state index contributed by atoms with van der Waals surface area (Å²) in [5.41, 5.74) is 0.979. The molecule has 1 aromatic rings. The zero-order chi connectivity index (χ0) is 26.2. The van der Waals surface area contributed by atoms with E-state index in [-0.39, 0.29) is 18.1 Å². The van der Waals surface area contributed by atoms with Crippen molar-refractivity contribution in [3.63, 3.8) is 0 Å². The molecule has 0 aliphatic heterocycles. The van der Waals surface area contributed by atoms with Crippen LogP contribution >= 0.6 is 0 Å². The molecule has 12 heteroatoms. The highest BCUT2D eigenvalue weighted by Gasteiger charge is 2.14. The molecule has 0 unspecified atom stereocenters. The molecule has 11 nitrogen and oxygen atoms in total. The largest absolute Gasteiger partial charge is 0.382 e. The van der Waals surface area contributed by atoms with Crippen LogP contribution in [0.1, 0.15) is 5.56 Å². The van der Waals surface area contributed by atoms with Crippen LogP contribution in [0, 0.1) is 6.92 Å². The van der Waals surface area contributed by atoms with E-state index in [1.807, 2.05) is 6.92 Å². The molecule has 210 valence electrons. The van der Waals surface area contributed by atoms with Crippen molar-refractivity contribution in [3.05, 3.63) is 29.8 Å². The van der Waals surface area contributed by atoms with E-state index in [1.165, 1.54) is 12.1 Å². The first-order chi connectivity index (χ1) is 17.6. The maximum absolute atomic E-state index is 12.0. The van der Waals surface area contributed by atoms with Crippen LogP contribution in [-0.2, 0) is 52.2 Å².